The normalized spacial score (nSPS) is 19.1. The standard InChI is InChI=1S/C19H26N2O/c1-5-14-8-16(15-10-19(6-7-19)9-13(15)4)20-11-17(14)21-18(22)12(2)3/h8,11-12H,5-7,9-10H2,1-4H3,(H,21,22). The molecule has 1 heterocycles. The molecule has 0 saturated heterocycles. The lowest BCUT2D eigenvalue weighted by atomic mass is 10.00. The molecule has 3 rings (SSSR count). The first kappa shape index (κ1) is 15.3. The third-order valence-electron chi connectivity index (χ3n) is 5.13. The predicted molar refractivity (Wildman–Crippen MR) is 90.6 cm³/mol. The number of nitrogens with one attached hydrogen (secondary N) is 1. The number of hydrogen-bond donors (Lipinski definition) is 1. The minimum Gasteiger partial charge on any atom is -0.324 e. The lowest BCUT2D eigenvalue weighted by Gasteiger charge is -2.14. The topological polar surface area (TPSA) is 42.0 Å². The molecule has 1 aromatic heterocycles. The number of allylic oxidation sites excluding steroid dienone is 2. The van der Waals surface area contributed by atoms with Crippen LogP contribution in [0.25, 0.3) is 5.57 Å². The van der Waals surface area contributed by atoms with Crippen molar-refractivity contribution in [2.75, 3.05) is 5.32 Å². The van der Waals surface area contributed by atoms with Crippen LogP contribution in [0, 0.1) is 11.3 Å². The lowest BCUT2D eigenvalue weighted by Crippen LogP contribution is -2.19. The molecule has 1 N–H and O–H groups in total. The third-order valence-corrected chi connectivity index (χ3v) is 5.13. The van der Waals surface area contributed by atoms with Crippen molar-refractivity contribution in [1.29, 1.82) is 0 Å². The van der Waals surface area contributed by atoms with Gasteiger partial charge in [0.1, 0.15) is 0 Å². The van der Waals surface area contributed by atoms with Crippen LogP contribution < -0.4 is 5.32 Å². The predicted octanol–water partition coefficient (Wildman–Crippen LogP) is 4.59. The smallest absolute Gasteiger partial charge is 0.226 e. The van der Waals surface area contributed by atoms with Gasteiger partial charge in [-0.2, -0.15) is 0 Å². The molecular formula is C19H26N2O. The quantitative estimate of drug-likeness (QED) is 0.883. The Morgan fingerprint density at radius 1 is 1.36 bits per heavy atom. The number of hydrogen-bond acceptors (Lipinski definition) is 2. The minimum atomic E-state index is -0.0149. The van der Waals surface area contributed by atoms with Gasteiger partial charge >= 0.3 is 0 Å². The van der Waals surface area contributed by atoms with Gasteiger partial charge in [-0.15, -0.1) is 0 Å². The molecule has 1 fully saturated rings. The Hall–Kier alpha value is -1.64. The maximum absolute atomic E-state index is 11.9. The van der Waals surface area contributed by atoms with E-state index in [0.29, 0.717) is 5.41 Å². The fraction of sp³-hybridized carbons (Fsp3) is 0.579. The molecule has 2 aliphatic rings. The van der Waals surface area contributed by atoms with Crippen molar-refractivity contribution in [3.05, 3.63) is 29.1 Å². The summed E-state index contributed by atoms with van der Waals surface area (Å²) >= 11 is 0. The molecule has 0 atom stereocenters. The molecule has 2 aliphatic carbocycles. The highest BCUT2D eigenvalue weighted by atomic mass is 16.1. The Morgan fingerprint density at radius 2 is 2.09 bits per heavy atom. The maximum atomic E-state index is 11.9. The summed E-state index contributed by atoms with van der Waals surface area (Å²) in [5.41, 5.74) is 6.68. The molecular weight excluding hydrogens is 272 g/mol. The molecule has 1 saturated carbocycles. The minimum absolute atomic E-state index is 0.0149. The van der Waals surface area contributed by atoms with E-state index in [9.17, 15) is 4.79 Å². The van der Waals surface area contributed by atoms with Crippen LogP contribution >= 0.6 is 0 Å². The number of amides is 1. The van der Waals surface area contributed by atoms with Gasteiger partial charge in [-0.05, 0) is 61.6 Å². The van der Waals surface area contributed by atoms with E-state index in [1.165, 1.54) is 42.4 Å². The molecule has 118 valence electrons. The zero-order chi connectivity index (χ0) is 15.9. The molecule has 1 amide bonds. The Labute approximate surface area is 133 Å². The second-order valence-corrected chi connectivity index (χ2v) is 7.34. The van der Waals surface area contributed by atoms with Crippen LogP contribution in [0.4, 0.5) is 5.69 Å². The van der Waals surface area contributed by atoms with Gasteiger partial charge in [0, 0.05) is 5.92 Å². The fourth-order valence-electron chi connectivity index (χ4n) is 3.44. The molecule has 0 aliphatic heterocycles. The fourth-order valence-corrected chi connectivity index (χ4v) is 3.44. The maximum Gasteiger partial charge on any atom is 0.226 e. The summed E-state index contributed by atoms with van der Waals surface area (Å²) in [6.45, 7) is 8.20. The van der Waals surface area contributed by atoms with Gasteiger partial charge in [-0.25, -0.2) is 0 Å². The molecule has 22 heavy (non-hydrogen) atoms. The number of aromatic nitrogens is 1. The SMILES string of the molecule is CCc1cc(C2=C(C)CC3(CC3)C2)ncc1NC(=O)C(C)C. The van der Waals surface area contributed by atoms with Crippen molar-refractivity contribution in [2.45, 2.75) is 59.8 Å². The summed E-state index contributed by atoms with van der Waals surface area (Å²) < 4.78 is 0. The second kappa shape index (κ2) is 5.53. The first-order chi connectivity index (χ1) is 10.4. The number of pyridine rings is 1. The van der Waals surface area contributed by atoms with Gasteiger partial charge in [-0.3, -0.25) is 9.78 Å². The Bertz CT molecular complexity index is 639. The van der Waals surface area contributed by atoms with E-state index in [-0.39, 0.29) is 11.8 Å². The van der Waals surface area contributed by atoms with Crippen LogP contribution in [0.1, 0.15) is 64.6 Å². The van der Waals surface area contributed by atoms with Gasteiger partial charge in [0.25, 0.3) is 0 Å². The first-order valence-corrected chi connectivity index (χ1v) is 8.43. The zero-order valence-electron chi connectivity index (χ0n) is 14.1. The van der Waals surface area contributed by atoms with Crippen LogP contribution in [0.5, 0.6) is 0 Å². The molecule has 0 unspecified atom stereocenters. The van der Waals surface area contributed by atoms with E-state index in [2.05, 4.69) is 30.2 Å². The monoisotopic (exact) mass is 298 g/mol. The zero-order valence-corrected chi connectivity index (χ0v) is 14.1. The molecule has 1 aromatic rings. The van der Waals surface area contributed by atoms with Gasteiger partial charge < -0.3 is 5.32 Å². The largest absolute Gasteiger partial charge is 0.324 e. The summed E-state index contributed by atoms with van der Waals surface area (Å²) in [6.07, 6.45) is 7.92. The van der Waals surface area contributed by atoms with Crippen molar-refractivity contribution in [2.24, 2.45) is 11.3 Å². The van der Waals surface area contributed by atoms with Crippen molar-refractivity contribution >= 4 is 17.2 Å². The summed E-state index contributed by atoms with van der Waals surface area (Å²) in [4.78, 5) is 16.6. The number of anilines is 1. The lowest BCUT2D eigenvalue weighted by molar-refractivity contribution is -0.118. The van der Waals surface area contributed by atoms with Crippen molar-refractivity contribution < 1.29 is 4.79 Å². The number of nitrogens with zero attached hydrogens (tertiary/aromatic N) is 1. The molecule has 3 heteroatoms. The Morgan fingerprint density at radius 3 is 2.64 bits per heavy atom. The average Bonchev–Trinajstić information content (AvgIpc) is 3.15. The number of carbonyl (C=O) groups is 1. The van der Waals surface area contributed by atoms with E-state index >= 15 is 0 Å². The van der Waals surface area contributed by atoms with Crippen LogP contribution in [-0.2, 0) is 11.2 Å². The van der Waals surface area contributed by atoms with E-state index in [4.69, 9.17) is 0 Å². The highest BCUT2D eigenvalue weighted by Crippen LogP contribution is 2.61. The summed E-state index contributed by atoms with van der Waals surface area (Å²) in [6, 6.07) is 2.18. The van der Waals surface area contributed by atoms with Gasteiger partial charge in [0.05, 0.1) is 17.6 Å². The van der Waals surface area contributed by atoms with E-state index in [0.717, 1.165) is 17.8 Å². The number of carbonyl (C=O) groups excluding carboxylic acids is 1. The summed E-state index contributed by atoms with van der Waals surface area (Å²) in [5.74, 6) is 0.0383. The Kier molecular flexibility index (Phi) is 3.84. The average molecular weight is 298 g/mol. The second-order valence-electron chi connectivity index (χ2n) is 7.34. The first-order valence-electron chi connectivity index (χ1n) is 8.43. The molecule has 3 nitrogen and oxygen atoms in total. The van der Waals surface area contributed by atoms with E-state index in [1.807, 2.05) is 20.0 Å². The summed E-state index contributed by atoms with van der Waals surface area (Å²) in [7, 11) is 0. The van der Waals surface area contributed by atoms with Crippen molar-refractivity contribution in [1.82, 2.24) is 4.98 Å². The Balaban J connectivity index is 1.86. The van der Waals surface area contributed by atoms with Gasteiger partial charge in [0.2, 0.25) is 5.91 Å². The van der Waals surface area contributed by atoms with E-state index < -0.39 is 0 Å². The van der Waals surface area contributed by atoms with Crippen LogP contribution in [0.2, 0.25) is 0 Å². The van der Waals surface area contributed by atoms with Gasteiger partial charge in [0.15, 0.2) is 0 Å². The van der Waals surface area contributed by atoms with Crippen molar-refractivity contribution in [3.8, 4) is 0 Å². The van der Waals surface area contributed by atoms with E-state index in [1.54, 1.807) is 0 Å². The van der Waals surface area contributed by atoms with Crippen molar-refractivity contribution in [3.63, 3.8) is 0 Å². The highest BCUT2D eigenvalue weighted by molar-refractivity contribution is 5.92. The number of rotatable bonds is 4. The molecule has 1 spiro atoms. The van der Waals surface area contributed by atoms with Crippen LogP contribution in [0.3, 0.4) is 0 Å². The molecule has 0 radical (unpaired) electrons. The number of aryl methyl sites for hydroxylation is 1. The third kappa shape index (κ3) is 2.81. The summed E-state index contributed by atoms with van der Waals surface area (Å²) in [5, 5.41) is 3.00. The highest BCUT2D eigenvalue weighted by Gasteiger charge is 2.47. The molecule has 0 bridgehead atoms. The van der Waals surface area contributed by atoms with Gasteiger partial charge in [-0.1, -0.05) is 26.3 Å². The van der Waals surface area contributed by atoms with Crippen LogP contribution in [-0.4, -0.2) is 10.9 Å². The molecule has 0 aromatic carbocycles. The van der Waals surface area contributed by atoms with Crippen LogP contribution in [0.15, 0.2) is 17.8 Å².